The first-order valence-electron chi connectivity index (χ1n) is 6.87. The molecule has 0 aliphatic heterocycles. The third kappa shape index (κ3) is 4.57. The van der Waals surface area contributed by atoms with E-state index < -0.39 is 10.0 Å². The van der Waals surface area contributed by atoms with Gasteiger partial charge in [0.05, 0.1) is 11.6 Å². The number of halogens is 2. The molecule has 7 heteroatoms. The molecule has 0 bridgehead atoms. The van der Waals surface area contributed by atoms with Gasteiger partial charge in [0.1, 0.15) is 4.90 Å². The largest absolute Gasteiger partial charge is 0.392 e. The normalized spacial score (nSPS) is 13.7. The second-order valence-corrected chi connectivity index (χ2v) is 7.52. The fourth-order valence-corrected chi connectivity index (χ4v) is 4.57. The summed E-state index contributed by atoms with van der Waals surface area (Å²) < 4.78 is 27.6. The van der Waals surface area contributed by atoms with Crippen LogP contribution >= 0.6 is 23.2 Å². The number of benzene rings is 1. The van der Waals surface area contributed by atoms with Gasteiger partial charge in [-0.05, 0) is 30.5 Å². The van der Waals surface area contributed by atoms with Gasteiger partial charge in [-0.2, -0.15) is 0 Å². The molecule has 1 atom stereocenters. The zero-order chi connectivity index (χ0) is 16.2. The van der Waals surface area contributed by atoms with E-state index in [-0.39, 0.29) is 33.5 Å². The molecule has 2 N–H and O–H groups in total. The molecule has 0 heterocycles. The van der Waals surface area contributed by atoms with Gasteiger partial charge >= 0.3 is 0 Å². The summed E-state index contributed by atoms with van der Waals surface area (Å²) in [6.07, 6.45) is 1.76. The first kappa shape index (κ1) is 18.7. The Morgan fingerprint density at radius 2 is 1.81 bits per heavy atom. The molecule has 1 unspecified atom stereocenters. The molecule has 1 aromatic carbocycles. The van der Waals surface area contributed by atoms with Crippen molar-refractivity contribution in [3.63, 3.8) is 0 Å². The lowest BCUT2D eigenvalue weighted by Gasteiger charge is -2.23. The summed E-state index contributed by atoms with van der Waals surface area (Å²) in [5.41, 5.74) is 0.291. The lowest BCUT2D eigenvalue weighted by Crippen LogP contribution is -2.37. The highest BCUT2D eigenvalue weighted by atomic mass is 35.5. The zero-order valence-corrected chi connectivity index (χ0v) is 14.7. The molecule has 0 spiro atoms. The van der Waals surface area contributed by atoms with Crippen LogP contribution in [0.1, 0.15) is 39.2 Å². The van der Waals surface area contributed by atoms with Crippen LogP contribution in [0.3, 0.4) is 0 Å². The van der Waals surface area contributed by atoms with Crippen molar-refractivity contribution in [2.75, 3.05) is 0 Å². The Labute approximate surface area is 136 Å². The topological polar surface area (TPSA) is 66.4 Å². The molecule has 120 valence electrons. The molecule has 0 aromatic heterocycles. The highest BCUT2D eigenvalue weighted by Crippen LogP contribution is 2.30. The third-order valence-electron chi connectivity index (χ3n) is 3.64. The Morgan fingerprint density at radius 1 is 1.24 bits per heavy atom. The number of sulfonamides is 1. The lowest BCUT2D eigenvalue weighted by molar-refractivity contribution is 0.281. The van der Waals surface area contributed by atoms with Crippen LogP contribution in [0.2, 0.25) is 10.0 Å². The maximum absolute atomic E-state index is 12.5. The molecule has 0 amide bonds. The van der Waals surface area contributed by atoms with E-state index in [4.69, 9.17) is 23.2 Å². The van der Waals surface area contributed by atoms with Gasteiger partial charge in [0.15, 0.2) is 0 Å². The van der Waals surface area contributed by atoms with Crippen molar-refractivity contribution in [1.82, 2.24) is 4.72 Å². The van der Waals surface area contributed by atoms with Crippen LogP contribution in [0.25, 0.3) is 0 Å². The second kappa shape index (κ2) is 7.79. The fourth-order valence-electron chi connectivity index (χ4n) is 2.33. The number of hydrogen-bond acceptors (Lipinski definition) is 3. The lowest BCUT2D eigenvalue weighted by atomic mass is 9.96. The molecule has 21 heavy (non-hydrogen) atoms. The fraction of sp³-hybridized carbons (Fsp3) is 0.571. The van der Waals surface area contributed by atoms with Gasteiger partial charge in [-0.15, -0.1) is 0 Å². The van der Waals surface area contributed by atoms with E-state index in [2.05, 4.69) is 4.72 Å². The summed E-state index contributed by atoms with van der Waals surface area (Å²) in [7, 11) is -3.79. The Balaban J connectivity index is 3.17. The molecule has 0 aliphatic rings. The van der Waals surface area contributed by atoms with Gasteiger partial charge in [-0.1, -0.05) is 49.9 Å². The van der Waals surface area contributed by atoms with E-state index in [0.717, 1.165) is 12.8 Å². The number of rotatable bonds is 7. The van der Waals surface area contributed by atoms with Crippen molar-refractivity contribution in [2.45, 2.75) is 51.2 Å². The standard InChI is InChI=1S/C14H21Cl2NO3S/c1-4-10(5-2)9(3)17-21(19,20)13-7-12(15)6-11(8-18)14(13)16/h6-7,9-10,17-18H,4-5,8H2,1-3H3. The monoisotopic (exact) mass is 353 g/mol. The number of nitrogens with one attached hydrogen (secondary N) is 1. The summed E-state index contributed by atoms with van der Waals surface area (Å²) >= 11 is 12.0. The zero-order valence-electron chi connectivity index (χ0n) is 12.4. The number of aliphatic hydroxyl groups is 1. The van der Waals surface area contributed by atoms with E-state index in [1.807, 2.05) is 20.8 Å². The van der Waals surface area contributed by atoms with Crippen LogP contribution in [-0.2, 0) is 16.6 Å². The third-order valence-corrected chi connectivity index (χ3v) is 6.00. The highest BCUT2D eigenvalue weighted by molar-refractivity contribution is 7.89. The molecule has 0 saturated carbocycles. The molecule has 1 rings (SSSR count). The average Bonchev–Trinajstić information content (AvgIpc) is 2.41. The van der Waals surface area contributed by atoms with Crippen molar-refractivity contribution in [1.29, 1.82) is 0 Å². The molecule has 0 saturated heterocycles. The number of aliphatic hydroxyl groups excluding tert-OH is 1. The summed E-state index contributed by atoms with van der Waals surface area (Å²) in [6.45, 7) is 5.51. The molecule has 4 nitrogen and oxygen atoms in total. The van der Waals surface area contributed by atoms with Crippen LogP contribution in [0.15, 0.2) is 17.0 Å². The van der Waals surface area contributed by atoms with E-state index in [1.165, 1.54) is 12.1 Å². The van der Waals surface area contributed by atoms with E-state index >= 15 is 0 Å². The minimum absolute atomic E-state index is 0.00569. The van der Waals surface area contributed by atoms with Crippen LogP contribution in [0.5, 0.6) is 0 Å². The Hall–Kier alpha value is -0.330. The molecular formula is C14H21Cl2NO3S. The van der Waals surface area contributed by atoms with Crippen molar-refractivity contribution < 1.29 is 13.5 Å². The predicted octanol–water partition coefficient (Wildman–Crippen LogP) is 3.59. The summed E-state index contributed by atoms with van der Waals surface area (Å²) in [6, 6.07) is 2.54. The Bertz CT molecular complexity index is 586. The molecule has 1 aromatic rings. The van der Waals surface area contributed by atoms with E-state index in [1.54, 1.807) is 0 Å². The van der Waals surface area contributed by atoms with Crippen molar-refractivity contribution in [2.24, 2.45) is 5.92 Å². The van der Waals surface area contributed by atoms with E-state index in [0.29, 0.717) is 5.56 Å². The van der Waals surface area contributed by atoms with Crippen LogP contribution in [-0.4, -0.2) is 19.6 Å². The van der Waals surface area contributed by atoms with Crippen LogP contribution in [0, 0.1) is 5.92 Å². The Kier molecular flexibility index (Phi) is 6.94. The van der Waals surface area contributed by atoms with Crippen LogP contribution in [0.4, 0.5) is 0 Å². The van der Waals surface area contributed by atoms with Gasteiger partial charge in [-0.25, -0.2) is 13.1 Å². The van der Waals surface area contributed by atoms with Gasteiger partial charge in [0.2, 0.25) is 10.0 Å². The van der Waals surface area contributed by atoms with Gasteiger partial charge in [0.25, 0.3) is 0 Å². The van der Waals surface area contributed by atoms with Crippen LogP contribution < -0.4 is 4.72 Å². The SMILES string of the molecule is CCC(CC)C(C)NS(=O)(=O)c1cc(Cl)cc(CO)c1Cl. The second-order valence-electron chi connectivity index (χ2n) is 5.02. The van der Waals surface area contributed by atoms with Gasteiger partial charge in [-0.3, -0.25) is 0 Å². The minimum atomic E-state index is -3.79. The minimum Gasteiger partial charge on any atom is -0.392 e. The van der Waals surface area contributed by atoms with Gasteiger partial charge in [0, 0.05) is 11.1 Å². The predicted molar refractivity (Wildman–Crippen MR) is 86.2 cm³/mol. The number of hydrogen-bond donors (Lipinski definition) is 2. The summed E-state index contributed by atoms with van der Waals surface area (Å²) in [5, 5.41) is 9.45. The molecule has 0 aliphatic carbocycles. The first-order valence-corrected chi connectivity index (χ1v) is 9.11. The highest BCUT2D eigenvalue weighted by Gasteiger charge is 2.25. The molecular weight excluding hydrogens is 333 g/mol. The summed E-state index contributed by atoms with van der Waals surface area (Å²) in [5.74, 6) is 0.245. The first-order chi connectivity index (χ1) is 9.76. The summed E-state index contributed by atoms with van der Waals surface area (Å²) in [4.78, 5) is -0.0986. The van der Waals surface area contributed by atoms with Gasteiger partial charge < -0.3 is 5.11 Å². The van der Waals surface area contributed by atoms with Crippen molar-refractivity contribution in [3.8, 4) is 0 Å². The van der Waals surface area contributed by atoms with Crippen molar-refractivity contribution in [3.05, 3.63) is 27.7 Å². The average molecular weight is 354 g/mol. The maximum Gasteiger partial charge on any atom is 0.242 e. The maximum atomic E-state index is 12.5. The smallest absolute Gasteiger partial charge is 0.242 e. The Morgan fingerprint density at radius 3 is 2.29 bits per heavy atom. The van der Waals surface area contributed by atoms with Crippen molar-refractivity contribution >= 4 is 33.2 Å². The van der Waals surface area contributed by atoms with E-state index in [9.17, 15) is 13.5 Å². The molecule has 0 fully saturated rings. The quantitative estimate of drug-likeness (QED) is 0.786. The molecule has 0 radical (unpaired) electrons.